The van der Waals surface area contributed by atoms with Crippen LogP contribution in [0.3, 0.4) is 0 Å². The molecular weight excluding hydrogens is 262 g/mol. The maximum atomic E-state index is 12.1. The number of phenolic OH excluding ortho intramolecular Hbond substituents is 1. The molecule has 0 aromatic heterocycles. The SMILES string of the molecule is COc1ccc(C(=O)NCC2(OC)CCOC2)cc1O. The average molecular weight is 281 g/mol. The van der Waals surface area contributed by atoms with Gasteiger partial charge in [-0.1, -0.05) is 0 Å². The molecule has 1 heterocycles. The van der Waals surface area contributed by atoms with Crippen LogP contribution in [-0.4, -0.2) is 50.6 Å². The van der Waals surface area contributed by atoms with Gasteiger partial charge in [-0.3, -0.25) is 4.79 Å². The molecule has 1 aromatic rings. The molecule has 0 spiro atoms. The molecule has 1 atom stereocenters. The third-order valence-corrected chi connectivity index (χ3v) is 3.51. The summed E-state index contributed by atoms with van der Waals surface area (Å²) in [5, 5.41) is 12.5. The van der Waals surface area contributed by atoms with Gasteiger partial charge in [0.15, 0.2) is 11.5 Å². The van der Waals surface area contributed by atoms with Gasteiger partial charge >= 0.3 is 0 Å². The number of rotatable bonds is 5. The third kappa shape index (κ3) is 3.02. The van der Waals surface area contributed by atoms with Crippen molar-refractivity contribution in [3.8, 4) is 11.5 Å². The lowest BCUT2D eigenvalue weighted by Crippen LogP contribution is -2.45. The molecule has 1 aliphatic rings. The van der Waals surface area contributed by atoms with Crippen molar-refractivity contribution in [1.82, 2.24) is 5.32 Å². The Morgan fingerprint density at radius 1 is 1.50 bits per heavy atom. The lowest BCUT2D eigenvalue weighted by atomic mass is 10.0. The number of nitrogens with one attached hydrogen (secondary N) is 1. The Balaban J connectivity index is 1.99. The van der Waals surface area contributed by atoms with Crippen molar-refractivity contribution in [2.75, 3.05) is 34.0 Å². The van der Waals surface area contributed by atoms with Crippen LogP contribution < -0.4 is 10.1 Å². The highest BCUT2D eigenvalue weighted by Crippen LogP contribution is 2.26. The number of carbonyl (C=O) groups excluding carboxylic acids is 1. The number of amides is 1. The molecular formula is C14H19NO5. The molecule has 1 unspecified atom stereocenters. The van der Waals surface area contributed by atoms with Crippen molar-refractivity contribution in [3.05, 3.63) is 23.8 Å². The zero-order valence-corrected chi connectivity index (χ0v) is 11.6. The molecule has 0 saturated carbocycles. The topological polar surface area (TPSA) is 77.0 Å². The van der Waals surface area contributed by atoms with Crippen LogP contribution in [0.2, 0.25) is 0 Å². The van der Waals surface area contributed by atoms with Crippen molar-refractivity contribution < 1.29 is 24.1 Å². The van der Waals surface area contributed by atoms with Crippen molar-refractivity contribution in [1.29, 1.82) is 0 Å². The van der Waals surface area contributed by atoms with E-state index in [-0.39, 0.29) is 11.7 Å². The lowest BCUT2D eigenvalue weighted by Gasteiger charge is -2.25. The van der Waals surface area contributed by atoms with Gasteiger partial charge in [-0.2, -0.15) is 0 Å². The van der Waals surface area contributed by atoms with Gasteiger partial charge in [0, 0.05) is 32.2 Å². The van der Waals surface area contributed by atoms with Crippen LogP contribution in [0.1, 0.15) is 16.8 Å². The zero-order chi connectivity index (χ0) is 14.6. The Bertz CT molecular complexity index is 482. The summed E-state index contributed by atoms with van der Waals surface area (Å²) in [6, 6.07) is 4.52. The summed E-state index contributed by atoms with van der Waals surface area (Å²) in [4.78, 5) is 12.1. The maximum Gasteiger partial charge on any atom is 0.251 e. The molecule has 1 amide bonds. The Morgan fingerprint density at radius 2 is 2.30 bits per heavy atom. The monoisotopic (exact) mass is 281 g/mol. The van der Waals surface area contributed by atoms with E-state index in [1.54, 1.807) is 19.2 Å². The van der Waals surface area contributed by atoms with Gasteiger partial charge in [-0.05, 0) is 18.2 Å². The summed E-state index contributed by atoms with van der Waals surface area (Å²) in [6.45, 7) is 1.47. The second kappa shape index (κ2) is 6.11. The maximum absolute atomic E-state index is 12.1. The van der Waals surface area contributed by atoms with Gasteiger partial charge in [0.25, 0.3) is 5.91 Å². The molecule has 0 aliphatic carbocycles. The van der Waals surface area contributed by atoms with E-state index in [0.29, 0.717) is 31.1 Å². The molecule has 6 nitrogen and oxygen atoms in total. The summed E-state index contributed by atoms with van der Waals surface area (Å²) in [5.41, 5.74) is -0.0852. The van der Waals surface area contributed by atoms with Crippen molar-refractivity contribution in [3.63, 3.8) is 0 Å². The van der Waals surface area contributed by atoms with Crippen LogP contribution in [0.5, 0.6) is 11.5 Å². The molecule has 2 N–H and O–H groups in total. The summed E-state index contributed by atoms with van der Waals surface area (Å²) >= 11 is 0. The number of aromatic hydroxyl groups is 1. The van der Waals surface area contributed by atoms with Crippen LogP contribution in [0.25, 0.3) is 0 Å². The molecule has 0 radical (unpaired) electrons. The minimum absolute atomic E-state index is 0.0641. The molecule has 2 rings (SSSR count). The highest BCUT2D eigenvalue weighted by Gasteiger charge is 2.35. The first-order valence-corrected chi connectivity index (χ1v) is 6.38. The van der Waals surface area contributed by atoms with Crippen LogP contribution in [0.15, 0.2) is 18.2 Å². The highest BCUT2D eigenvalue weighted by atomic mass is 16.5. The van der Waals surface area contributed by atoms with E-state index in [0.717, 1.165) is 6.42 Å². The van der Waals surface area contributed by atoms with E-state index in [1.165, 1.54) is 13.2 Å². The van der Waals surface area contributed by atoms with E-state index in [2.05, 4.69) is 5.32 Å². The molecule has 1 fully saturated rings. The quantitative estimate of drug-likeness (QED) is 0.840. The van der Waals surface area contributed by atoms with Gasteiger partial charge in [0.1, 0.15) is 5.60 Å². The fourth-order valence-electron chi connectivity index (χ4n) is 2.14. The number of carbonyl (C=O) groups is 1. The van der Waals surface area contributed by atoms with Crippen molar-refractivity contribution in [2.24, 2.45) is 0 Å². The van der Waals surface area contributed by atoms with Crippen LogP contribution in [0.4, 0.5) is 0 Å². The molecule has 0 bridgehead atoms. The first kappa shape index (κ1) is 14.6. The van der Waals surface area contributed by atoms with Crippen LogP contribution in [0, 0.1) is 0 Å². The van der Waals surface area contributed by atoms with Crippen molar-refractivity contribution in [2.45, 2.75) is 12.0 Å². The first-order valence-electron chi connectivity index (χ1n) is 6.38. The average Bonchev–Trinajstić information content (AvgIpc) is 2.94. The lowest BCUT2D eigenvalue weighted by molar-refractivity contribution is -0.0148. The number of ether oxygens (including phenoxy) is 3. The Labute approximate surface area is 117 Å². The number of phenols is 1. The van der Waals surface area contributed by atoms with E-state index >= 15 is 0 Å². The second-order valence-electron chi connectivity index (χ2n) is 4.76. The third-order valence-electron chi connectivity index (χ3n) is 3.51. The first-order chi connectivity index (χ1) is 9.60. The molecule has 110 valence electrons. The zero-order valence-electron chi connectivity index (χ0n) is 11.6. The molecule has 1 aromatic carbocycles. The standard InChI is InChI=1S/C14H19NO5/c1-18-12-4-3-10(7-11(12)16)13(17)15-8-14(19-2)5-6-20-9-14/h3-4,7,16H,5-6,8-9H2,1-2H3,(H,15,17). The Hall–Kier alpha value is -1.79. The smallest absolute Gasteiger partial charge is 0.251 e. The predicted molar refractivity (Wildman–Crippen MR) is 72.2 cm³/mol. The van der Waals surface area contributed by atoms with Crippen LogP contribution in [-0.2, 0) is 9.47 Å². The van der Waals surface area contributed by atoms with E-state index in [9.17, 15) is 9.90 Å². The minimum Gasteiger partial charge on any atom is -0.504 e. The fourth-order valence-corrected chi connectivity index (χ4v) is 2.14. The largest absolute Gasteiger partial charge is 0.504 e. The second-order valence-corrected chi connectivity index (χ2v) is 4.76. The normalized spacial score (nSPS) is 21.7. The molecule has 6 heteroatoms. The summed E-state index contributed by atoms with van der Waals surface area (Å²) in [7, 11) is 3.07. The molecule has 1 aliphatic heterocycles. The van der Waals surface area contributed by atoms with E-state index in [4.69, 9.17) is 14.2 Å². The summed E-state index contributed by atoms with van der Waals surface area (Å²) in [5.74, 6) is -0.00353. The van der Waals surface area contributed by atoms with Gasteiger partial charge < -0.3 is 24.6 Å². The fraction of sp³-hybridized carbons (Fsp3) is 0.500. The predicted octanol–water partition coefficient (Wildman–Crippen LogP) is 0.936. The van der Waals surface area contributed by atoms with Gasteiger partial charge in [0.05, 0.1) is 13.7 Å². The number of hydrogen-bond donors (Lipinski definition) is 2. The van der Waals surface area contributed by atoms with Gasteiger partial charge in [-0.15, -0.1) is 0 Å². The number of hydrogen-bond acceptors (Lipinski definition) is 5. The highest BCUT2D eigenvalue weighted by molar-refractivity contribution is 5.94. The number of methoxy groups -OCH3 is 2. The summed E-state index contributed by atoms with van der Waals surface area (Å²) in [6.07, 6.45) is 0.748. The molecule has 1 saturated heterocycles. The summed E-state index contributed by atoms with van der Waals surface area (Å²) < 4.78 is 15.7. The number of benzene rings is 1. The van der Waals surface area contributed by atoms with Gasteiger partial charge in [-0.25, -0.2) is 0 Å². The van der Waals surface area contributed by atoms with E-state index < -0.39 is 5.60 Å². The van der Waals surface area contributed by atoms with Crippen molar-refractivity contribution >= 4 is 5.91 Å². The van der Waals surface area contributed by atoms with Gasteiger partial charge in [0.2, 0.25) is 0 Å². The van der Waals surface area contributed by atoms with Crippen LogP contribution >= 0.6 is 0 Å². The minimum atomic E-state index is -0.454. The Morgan fingerprint density at radius 3 is 2.85 bits per heavy atom. The Kier molecular flexibility index (Phi) is 4.46. The molecule has 20 heavy (non-hydrogen) atoms. The van der Waals surface area contributed by atoms with E-state index in [1.807, 2.05) is 0 Å².